The van der Waals surface area contributed by atoms with E-state index in [4.69, 9.17) is 10.0 Å². The fourth-order valence-electron chi connectivity index (χ4n) is 0. The summed E-state index contributed by atoms with van der Waals surface area (Å²) in [5.74, 6) is 0. The van der Waals surface area contributed by atoms with Crippen molar-refractivity contribution in [3.05, 3.63) is 0 Å². The topological polar surface area (TPSA) is 40.5 Å². The van der Waals surface area contributed by atoms with Crippen LogP contribution in [-0.2, 0) is 0 Å². The van der Waals surface area contributed by atoms with Gasteiger partial charge in [-0.2, -0.15) is 0 Å². The van der Waals surface area contributed by atoms with E-state index in [0.717, 1.165) is 0 Å². The summed E-state index contributed by atoms with van der Waals surface area (Å²) in [4.78, 5) is 0. The number of hydrogen-bond acceptors (Lipinski definition) is 2. The Balaban J connectivity index is -0.00000000450. The Morgan fingerprint density at radius 3 is 1.50 bits per heavy atom. The number of halogens is 1. The van der Waals surface area contributed by atoms with Gasteiger partial charge in [0.15, 0.2) is 0 Å². The number of hydrogen-bond donors (Lipinski definition) is 2. The molecule has 0 saturated carbocycles. The molecule has 6 heavy (non-hydrogen) atoms. The van der Waals surface area contributed by atoms with Gasteiger partial charge < -0.3 is 14.3 Å². The fraction of sp³-hybridized carbons (Fsp3) is 0. The summed E-state index contributed by atoms with van der Waals surface area (Å²) < 4.78 is 10.1. The minimum absolute atomic E-state index is 0. The molecule has 0 aliphatic rings. The summed E-state index contributed by atoms with van der Waals surface area (Å²) >= 11 is 0. The van der Waals surface area contributed by atoms with Crippen molar-refractivity contribution in [3.63, 3.8) is 0 Å². The van der Waals surface area contributed by atoms with Gasteiger partial charge in [-0.1, -0.05) is 0 Å². The van der Waals surface area contributed by atoms with E-state index in [-0.39, 0.29) is 93.4 Å². The van der Waals surface area contributed by atoms with Crippen LogP contribution in [0.2, 0.25) is 0 Å². The van der Waals surface area contributed by atoms with Crippen molar-refractivity contribution in [2.75, 3.05) is 0 Å². The van der Waals surface area contributed by atoms with Crippen molar-refractivity contribution < 1.29 is 70.0 Å². The van der Waals surface area contributed by atoms with E-state index in [1.807, 2.05) is 0 Å². The van der Waals surface area contributed by atoms with Crippen molar-refractivity contribution in [2.24, 2.45) is 0 Å². The number of rotatable bonds is 0. The second-order valence-corrected chi connectivity index (χ2v) is 0.311. The van der Waals surface area contributed by atoms with Crippen LogP contribution in [0.15, 0.2) is 0 Å². The zero-order chi connectivity index (χ0) is 3.58. The van der Waals surface area contributed by atoms with Gasteiger partial charge in [0.25, 0.3) is 0 Å². The summed E-state index contributed by atoms with van der Waals surface area (Å²) in [6.45, 7) is 0. The van der Waals surface area contributed by atoms with Crippen LogP contribution in [0.3, 0.4) is 0 Å². The van der Waals surface area contributed by atoms with Gasteiger partial charge in [0.2, 0.25) is 0 Å². The van der Waals surface area contributed by atoms with Gasteiger partial charge in [0.1, 0.15) is 0 Å². The fourth-order valence-corrected chi connectivity index (χ4v) is 0. The average Bonchev–Trinajstić information content (AvgIpc) is 0.811. The van der Waals surface area contributed by atoms with E-state index in [9.17, 15) is 4.32 Å². The van der Waals surface area contributed by atoms with Crippen molar-refractivity contribution in [1.29, 1.82) is 0 Å². The van der Waals surface area contributed by atoms with Gasteiger partial charge in [0.05, 0.1) is 0 Å². The molecule has 0 spiro atoms. The van der Waals surface area contributed by atoms with E-state index < -0.39 is 7.40 Å². The first kappa shape index (κ1) is 15.9. The van der Waals surface area contributed by atoms with Crippen molar-refractivity contribution in [2.45, 2.75) is 0 Å². The van der Waals surface area contributed by atoms with Gasteiger partial charge in [-0.25, -0.2) is 0 Å². The van der Waals surface area contributed by atoms with Crippen molar-refractivity contribution in [3.8, 4) is 0 Å². The van der Waals surface area contributed by atoms with Gasteiger partial charge in [-0.3, -0.25) is 4.32 Å². The van der Waals surface area contributed by atoms with E-state index >= 15 is 0 Å². The summed E-state index contributed by atoms with van der Waals surface area (Å²) in [7, 11) is -2.67. The predicted octanol–water partition coefficient (Wildman–Crippen LogP) is -4.11. The summed E-state index contributed by atoms with van der Waals surface area (Å²) in [5.41, 5.74) is 0. The SMILES string of the molecule is OB(O)F.[Ca+2].[H-].[H-].[H-].[K+]. The molecule has 0 rings (SSSR count). The van der Waals surface area contributed by atoms with Gasteiger partial charge in [-0.05, 0) is 0 Å². The third-order valence-corrected chi connectivity index (χ3v) is 0. The molecule has 0 aromatic carbocycles. The van der Waals surface area contributed by atoms with Crippen LogP contribution in [-0.4, -0.2) is 55.2 Å². The molecule has 0 amide bonds. The Hall–Kier alpha value is 2.81. The molecule has 0 aromatic rings. The molecule has 0 aliphatic carbocycles. The molecule has 30 valence electrons. The van der Waals surface area contributed by atoms with Crippen LogP contribution < -0.4 is 51.4 Å². The smallest absolute Gasteiger partial charge is 1.00 e. The molecule has 0 saturated heterocycles. The maximum atomic E-state index is 10.1. The second-order valence-electron chi connectivity index (χ2n) is 0.311. The zero-order valence-corrected chi connectivity index (χ0v) is 8.89. The average molecular weight is 146 g/mol. The maximum Gasteiger partial charge on any atom is 2.00 e. The quantitative estimate of drug-likeness (QED) is 0.341. The third-order valence-electron chi connectivity index (χ3n) is 0. The summed E-state index contributed by atoms with van der Waals surface area (Å²) in [6, 6.07) is 0. The summed E-state index contributed by atoms with van der Waals surface area (Å²) in [6.07, 6.45) is 0. The van der Waals surface area contributed by atoms with Crippen LogP contribution in [0.5, 0.6) is 0 Å². The Morgan fingerprint density at radius 1 is 1.50 bits per heavy atom. The Labute approximate surface area is 113 Å². The molecule has 0 fully saturated rings. The van der Waals surface area contributed by atoms with Crippen LogP contribution >= 0.6 is 0 Å². The Morgan fingerprint density at radius 2 is 1.50 bits per heavy atom. The standard InChI is InChI=1S/BFH2O2.Ca.K.3H/c2-1(3)4;;;;;/h3-4H;;;;;/q;+2;+1;3*-1. The molecule has 0 heterocycles. The summed E-state index contributed by atoms with van der Waals surface area (Å²) in [5, 5.41) is 13.9. The van der Waals surface area contributed by atoms with Crippen molar-refractivity contribution >= 4 is 45.1 Å². The molecule has 0 bridgehead atoms. The minimum Gasteiger partial charge on any atom is -1.00 e. The molecule has 0 radical (unpaired) electrons. The maximum absolute atomic E-state index is 10.1. The van der Waals surface area contributed by atoms with E-state index in [2.05, 4.69) is 0 Å². The van der Waals surface area contributed by atoms with E-state index in [1.54, 1.807) is 0 Å². The normalized spacial score (nSPS) is 4.50. The van der Waals surface area contributed by atoms with Crippen LogP contribution in [0, 0.1) is 0 Å². The zero-order valence-electron chi connectivity index (χ0n) is 6.56. The Kier molecular flexibility index (Phi) is 28.5. The molecule has 2 N–H and O–H groups in total. The van der Waals surface area contributed by atoms with Gasteiger partial charge in [-0.15, -0.1) is 0 Å². The first-order valence-electron chi connectivity index (χ1n) is 0.735. The predicted molar refractivity (Wildman–Crippen MR) is 20.4 cm³/mol. The first-order valence-corrected chi connectivity index (χ1v) is 0.735. The van der Waals surface area contributed by atoms with Crippen LogP contribution in [0.25, 0.3) is 0 Å². The van der Waals surface area contributed by atoms with E-state index in [0.29, 0.717) is 0 Å². The van der Waals surface area contributed by atoms with Crippen molar-refractivity contribution in [1.82, 2.24) is 0 Å². The molecule has 0 aliphatic heterocycles. The van der Waals surface area contributed by atoms with Gasteiger partial charge in [0, 0.05) is 0 Å². The third kappa shape index (κ3) is 29.1. The molecule has 0 aromatic heterocycles. The monoisotopic (exact) mass is 146 g/mol. The molecular weight excluding hydrogens is 141 g/mol. The Bertz CT molecular complexity index is 26.5. The first-order chi connectivity index (χ1) is 1.73. The van der Waals surface area contributed by atoms with Crippen LogP contribution in [0.4, 0.5) is 4.32 Å². The minimum atomic E-state index is -2.67. The van der Waals surface area contributed by atoms with E-state index in [1.165, 1.54) is 0 Å². The molecule has 0 unspecified atom stereocenters. The molecule has 0 atom stereocenters. The second kappa shape index (κ2) is 10.7. The van der Waals surface area contributed by atoms with Crippen LogP contribution in [0.1, 0.15) is 4.28 Å². The largest absolute Gasteiger partial charge is 2.00 e. The molecule has 6 heteroatoms. The van der Waals surface area contributed by atoms with Gasteiger partial charge >= 0.3 is 96.5 Å². The molecular formula is H5BCaFKO2. The molecule has 2 nitrogen and oxygen atoms in total.